The Hall–Kier alpha value is -1.21. The molecule has 2 atom stereocenters. The molecule has 1 aromatic carbocycles. The maximum atomic E-state index is 9.75. The Morgan fingerprint density at radius 1 is 1.36 bits per heavy atom. The number of rotatable bonds is 4. The normalized spacial score (nSPS) is 23.0. The van der Waals surface area contributed by atoms with Gasteiger partial charge in [-0.05, 0) is 38.0 Å². The Morgan fingerprint density at radius 3 is 2.88 bits per heavy atom. The third-order valence-corrected chi connectivity index (χ3v) is 6.06. The van der Waals surface area contributed by atoms with Gasteiger partial charge in [-0.15, -0.1) is 11.8 Å². The number of nitrogens with zero attached hydrogens (tertiary/aromatic N) is 1. The number of halogens is 1. The Bertz CT molecular complexity index is 799. The smallest absolute Gasteiger partial charge is 0.115 e. The summed E-state index contributed by atoms with van der Waals surface area (Å²) in [6, 6.07) is 6.40. The highest BCUT2D eigenvalue weighted by atomic mass is 35.5. The minimum atomic E-state index is -0.422. The first kappa shape index (κ1) is 17.2. The summed E-state index contributed by atoms with van der Waals surface area (Å²) in [5.41, 5.74) is 3.06. The number of aliphatic hydroxyl groups excluding tert-OH is 1. The minimum absolute atomic E-state index is 0.0326. The molecule has 0 spiro atoms. The Morgan fingerprint density at radius 2 is 2.16 bits per heavy atom. The van der Waals surface area contributed by atoms with Crippen molar-refractivity contribution in [3.8, 4) is 0 Å². The molecule has 4 rings (SSSR count). The largest absolute Gasteiger partial charge is 0.391 e. The molecule has 2 aliphatic heterocycles. The molecule has 0 bridgehead atoms. The Labute approximate surface area is 156 Å². The summed E-state index contributed by atoms with van der Waals surface area (Å²) in [4.78, 5) is 8.15. The van der Waals surface area contributed by atoms with Crippen molar-refractivity contribution in [2.45, 2.75) is 38.0 Å². The SMILES string of the molecule is CC(O)C1CSC(c2cc3cc(Cl)cc(NC4CCOCC4)c3[nH]2)=N1. The molecule has 134 valence electrons. The van der Waals surface area contributed by atoms with Crippen LogP contribution in [0.4, 0.5) is 5.69 Å². The average molecular weight is 380 g/mol. The molecule has 0 amide bonds. The molecule has 25 heavy (non-hydrogen) atoms. The second-order valence-electron chi connectivity index (χ2n) is 6.68. The van der Waals surface area contributed by atoms with E-state index < -0.39 is 6.10 Å². The van der Waals surface area contributed by atoms with Crippen LogP contribution in [0.15, 0.2) is 23.2 Å². The highest BCUT2D eigenvalue weighted by molar-refractivity contribution is 8.14. The van der Waals surface area contributed by atoms with Crippen LogP contribution < -0.4 is 5.32 Å². The molecular formula is C18H22ClN3O2S. The molecule has 3 N–H and O–H groups in total. The van der Waals surface area contributed by atoms with Crippen LogP contribution in [0.5, 0.6) is 0 Å². The molecule has 0 aliphatic carbocycles. The van der Waals surface area contributed by atoms with Gasteiger partial charge in [0.15, 0.2) is 0 Å². The minimum Gasteiger partial charge on any atom is -0.391 e. The van der Waals surface area contributed by atoms with Crippen molar-refractivity contribution in [2.24, 2.45) is 4.99 Å². The number of hydrogen-bond acceptors (Lipinski definition) is 5. The van der Waals surface area contributed by atoms with Crippen LogP contribution >= 0.6 is 23.4 Å². The van der Waals surface area contributed by atoms with Gasteiger partial charge in [0.05, 0.1) is 29.0 Å². The van der Waals surface area contributed by atoms with Crippen LogP contribution in [0, 0.1) is 0 Å². The number of aliphatic hydroxyl groups is 1. The second kappa shape index (κ2) is 7.19. The van der Waals surface area contributed by atoms with Crippen LogP contribution in [0.3, 0.4) is 0 Å². The molecule has 1 aromatic heterocycles. The summed E-state index contributed by atoms with van der Waals surface area (Å²) in [5, 5.41) is 16.1. The zero-order chi connectivity index (χ0) is 17.4. The first-order valence-electron chi connectivity index (χ1n) is 8.66. The van der Waals surface area contributed by atoms with Crippen molar-refractivity contribution in [2.75, 3.05) is 24.3 Å². The lowest BCUT2D eigenvalue weighted by atomic mass is 10.1. The molecule has 1 fully saturated rings. The number of thioether (sulfide) groups is 1. The third-order valence-electron chi connectivity index (χ3n) is 4.74. The highest BCUT2D eigenvalue weighted by Gasteiger charge is 2.24. The first-order chi connectivity index (χ1) is 12.1. The van der Waals surface area contributed by atoms with Crippen LogP contribution in [0.2, 0.25) is 5.02 Å². The predicted octanol–water partition coefficient (Wildman–Crippen LogP) is 3.66. The molecule has 7 heteroatoms. The third kappa shape index (κ3) is 3.67. The van der Waals surface area contributed by atoms with E-state index in [-0.39, 0.29) is 6.04 Å². The number of anilines is 1. The van der Waals surface area contributed by atoms with Gasteiger partial charge in [-0.1, -0.05) is 11.6 Å². The zero-order valence-corrected chi connectivity index (χ0v) is 15.7. The molecule has 2 aromatic rings. The fraction of sp³-hybridized carbons (Fsp3) is 0.500. The number of nitrogens with one attached hydrogen (secondary N) is 2. The number of fused-ring (bicyclic) bond motifs is 1. The van der Waals surface area contributed by atoms with Crippen molar-refractivity contribution in [3.05, 3.63) is 28.9 Å². The molecule has 0 saturated carbocycles. The number of aromatic amines is 1. The lowest BCUT2D eigenvalue weighted by Gasteiger charge is -2.24. The van der Waals surface area contributed by atoms with Gasteiger partial charge in [-0.3, -0.25) is 4.99 Å². The van der Waals surface area contributed by atoms with Gasteiger partial charge in [0.25, 0.3) is 0 Å². The van der Waals surface area contributed by atoms with E-state index in [4.69, 9.17) is 16.3 Å². The van der Waals surface area contributed by atoms with Crippen molar-refractivity contribution < 1.29 is 9.84 Å². The Balaban J connectivity index is 1.65. The van der Waals surface area contributed by atoms with Crippen LogP contribution in [-0.2, 0) is 4.74 Å². The average Bonchev–Trinajstić information content (AvgIpc) is 3.22. The van der Waals surface area contributed by atoms with E-state index in [0.29, 0.717) is 6.04 Å². The van der Waals surface area contributed by atoms with Gasteiger partial charge in [-0.25, -0.2) is 0 Å². The van der Waals surface area contributed by atoms with Crippen molar-refractivity contribution >= 4 is 45.0 Å². The number of aliphatic imine (C=N–C) groups is 1. The monoisotopic (exact) mass is 379 g/mol. The van der Waals surface area contributed by atoms with Crippen molar-refractivity contribution in [1.82, 2.24) is 4.98 Å². The van der Waals surface area contributed by atoms with E-state index in [1.807, 2.05) is 12.1 Å². The molecule has 3 heterocycles. The molecule has 2 aliphatic rings. The zero-order valence-electron chi connectivity index (χ0n) is 14.1. The standard InChI is InChI=1S/C18H22ClN3O2S/c1-10(23)16-9-25-18(22-16)15-7-11-6-12(19)8-14(17(11)21-15)20-13-2-4-24-5-3-13/h6-8,10,13,16,20-21,23H,2-5,9H2,1H3. The number of hydrogen-bond donors (Lipinski definition) is 3. The van der Waals surface area contributed by atoms with E-state index in [1.54, 1.807) is 18.7 Å². The van der Waals surface area contributed by atoms with Crippen molar-refractivity contribution in [1.29, 1.82) is 0 Å². The maximum Gasteiger partial charge on any atom is 0.115 e. The van der Waals surface area contributed by atoms with Crippen LogP contribution in [-0.4, -0.2) is 52.3 Å². The van der Waals surface area contributed by atoms with Crippen LogP contribution in [0.25, 0.3) is 10.9 Å². The summed E-state index contributed by atoms with van der Waals surface area (Å²) in [6.45, 7) is 3.38. The summed E-state index contributed by atoms with van der Waals surface area (Å²) in [5.74, 6) is 0.816. The lowest BCUT2D eigenvalue weighted by Crippen LogP contribution is -2.27. The van der Waals surface area contributed by atoms with E-state index in [1.165, 1.54) is 0 Å². The van der Waals surface area contributed by atoms with Crippen LogP contribution in [0.1, 0.15) is 25.5 Å². The predicted molar refractivity (Wildman–Crippen MR) is 105 cm³/mol. The van der Waals surface area contributed by atoms with Gasteiger partial charge in [0.1, 0.15) is 5.04 Å². The summed E-state index contributed by atoms with van der Waals surface area (Å²) >= 11 is 8.01. The molecule has 5 nitrogen and oxygen atoms in total. The van der Waals surface area contributed by atoms with Gasteiger partial charge in [-0.2, -0.15) is 0 Å². The number of aromatic nitrogens is 1. The van der Waals surface area contributed by atoms with Gasteiger partial charge in [0.2, 0.25) is 0 Å². The molecule has 2 unspecified atom stereocenters. The van der Waals surface area contributed by atoms with E-state index >= 15 is 0 Å². The quantitative estimate of drug-likeness (QED) is 0.758. The van der Waals surface area contributed by atoms with E-state index in [2.05, 4.69) is 21.4 Å². The fourth-order valence-electron chi connectivity index (χ4n) is 3.28. The number of benzene rings is 1. The van der Waals surface area contributed by atoms with Gasteiger partial charge < -0.3 is 20.1 Å². The van der Waals surface area contributed by atoms with Gasteiger partial charge >= 0.3 is 0 Å². The van der Waals surface area contributed by atoms with E-state index in [9.17, 15) is 5.11 Å². The second-order valence-corrected chi connectivity index (χ2v) is 8.13. The highest BCUT2D eigenvalue weighted by Crippen LogP contribution is 2.32. The van der Waals surface area contributed by atoms with Crippen molar-refractivity contribution in [3.63, 3.8) is 0 Å². The van der Waals surface area contributed by atoms with E-state index in [0.717, 1.165) is 64.2 Å². The lowest BCUT2D eigenvalue weighted by molar-refractivity contribution is 0.0905. The van der Waals surface area contributed by atoms with Gasteiger partial charge in [0, 0.05) is 35.4 Å². The summed E-state index contributed by atoms with van der Waals surface area (Å²) in [7, 11) is 0. The fourth-order valence-corrected chi connectivity index (χ4v) is 4.67. The topological polar surface area (TPSA) is 69.6 Å². The molecule has 1 saturated heterocycles. The first-order valence-corrected chi connectivity index (χ1v) is 10.0. The Kier molecular flexibility index (Phi) is 4.95. The summed E-state index contributed by atoms with van der Waals surface area (Å²) in [6.07, 6.45) is 1.58. The molecule has 0 radical (unpaired) electrons. The number of ether oxygens (including phenoxy) is 1. The maximum absolute atomic E-state index is 9.75. The summed E-state index contributed by atoms with van der Waals surface area (Å²) < 4.78 is 5.44. The number of H-pyrrole nitrogens is 1. The molecular weight excluding hydrogens is 358 g/mol.